The quantitative estimate of drug-likeness (QED) is 0.832. The zero-order valence-corrected chi connectivity index (χ0v) is 14.6. The molecule has 0 radical (unpaired) electrons. The fraction of sp³-hybridized carbons (Fsp3) is 0.263. The molecule has 2 N–H and O–H groups in total. The van der Waals surface area contributed by atoms with Gasteiger partial charge in [-0.05, 0) is 44.2 Å². The van der Waals surface area contributed by atoms with Gasteiger partial charge in [-0.1, -0.05) is 17.7 Å². The highest BCUT2D eigenvalue weighted by atomic mass is 19.4. The van der Waals surface area contributed by atoms with Gasteiger partial charge in [0.25, 0.3) is 5.91 Å². The molecule has 0 saturated carbocycles. The number of anilines is 1. The zero-order chi connectivity index (χ0) is 20.2. The Labute approximate surface area is 154 Å². The summed E-state index contributed by atoms with van der Waals surface area (Å²) in [6, 6.07) is 11.1. The number of nitriles is 1. The van der Waals surface area contributed by atoms with E-state index in [9.17, 15) is 23.1 Å². The molecule has 0 spiro atoms. The van der Waals surface area contributed by atoms with Crippen LogP contribution < -0.4 is 10.1 Å². The predicted molar refractivity (Wildman–Crippen MR) is 92.1 cm³/mol. The Morgan fingerprint density at radius 2 is 1.85 bits per heavy atom. The average molecular weight is 378 g/mol. The molecule has 0 aliphatic heterocycles. The number of halogens is 3. The Bertz CT molecular complexity index is 869. The summed E-state index contributed by atoms with van der Waals surface area (Å²) in [6.45, 7) is 2.68. The minimum atomic E-state index is -4.75. The summed E-state index contributed by atoms with van der Waals surface area (Å²) in [5.74, 6) is -0.501. The standard InChI is InChI=1S/C19H17F3N2O3/c1-12-3-7-15(8-4-12)27-11-18(2,26)17(25)24-14-6-5-13(10-23)16(9-14)19(20,21)22/h3-9,26H,11H2,1-2H3,(H,24,25). The largest absolute Gasteiger partial charge is 0.490 e. The van der Waals surface area contributed by atoms with Gasteiger partial charge in [-0.15, -0.1) is 0 Å². The average Bonchev–Trinajstić information content (AvgIpc) is 2.60. The number of carbonyl (C=O) groups excluding carboxylic acids is 1. The topological polar surface area (TPSA) is 82.3 Å². The van der Waals surface area contributed by atoms with E-state index >= 15 is 0 Å². The molecular formula is C19H17F3N2O3. The van der Waals surface area contributed by atoms with Crippen LogP contribution in [0.25, 0.3) is 0 Å². The van der Waals surface area contributed by atoms with Crippen molar-refractivity contribution in [3.63, 3.8) is 0 Å². The van der Waals surface area contributed by atoms with E-state index in [0.29, 0.717) is 11.8 Å². The van der Waals surface area contributed by atoms with Crippen LogP contribution in [0.15, 0.2) is 42.5 Å². The lowest BCUT2D eigenvalue weighted by Crippen LogP contribution is -2.45. The summed E-state index contributed by atoms with van der Waals surface area (Å²) in [6.07, 6.45) is -4.75. The van der Waals surface area contributed by atoms with Crippen molar-refractivity contribution in [2.75, 3.05) is 11.9 Å². The van der Waals surface area contributed by atoms with E-state index in [0.717, 1.165) is 17.7 Å². The number of aryl methyl sites for hydroxylation is 1. The summed E-state index contributed by atoms with van der Waals surface area (Å²) in [7, 11) is 0. The number of rotatable bonds is 5. The van der Waals surface area contributed by atoms with E-state index in [1.165, 1.54) is 13.0 Å². The molecule has 27 heavy (non-hydrogen) atoms. The number of benzene rings is 2. The first-order valence-electron chi connectivity index (χ1n) is 7.87. The first-order chi connectivity index (χ1) is 12.5. The van der Waals surface area contributed by atoms with Crippen LogP contribution in [0.4, 0.5) is 18.9 Å². The Balaban J connectivity index is 2.11. The van der Waals surface area contributed by atoms with Crippen LogP contribution in [-0.2, 0) is 11.0 Å². The number of aliphatic hydroxyl groups is 1. The van der Waals surface area contributed by atoms with Crippen molar-refractivity contribution in [1.82, 2.24) is 0 Å². The van der Waals surface area contributed by atoms with Gasteiger partial charge in [0.1, 0.15) is 12.4 Å². The van der Waals surface area contributed by atoms with Crippen molar-refractivity contribution in [2.45, 2.75) is 25.6 Å². The minimum absolute atomic E-state index is 0.193. The third kappa shape index (κ3) is 5.21. The Morgan fingerprint density at radius 1 is 1.22 bits per heavy atom. The maximum absolute atomic E-state index is 13.0. The van der Waals surface area contributed by atoms with Gasteiger partial charge in [0.2, 0.25) is 0 Å². The number of nitrogens with one attached hydrogen (secondary N) is 1. The lowest BCUT2D eigenvalue weighted by atomic mass is 10.1. The molecule has 2 rings (SSSR count). The number of hydrogen-bond acceptors (Lipinski definition) is 4. The summed E-state index contributed by atoms with van der Waals surface area (Å²) in [4.78, 5) is 12.2. The lowest BCUT2D eigenvalue weighted by Gasteiger charge is -2.23. The molecule has 5 nitrogen and oxygen atoms in total. The molecule has 1 unspecified atom stereocenters. The highest BCUT2D eigenvalue weighted by Crippen LogP contribution is 2.33. The van der Waals surface area contributed by atoms with E-state index < -0.39 is 35.4 Å². The van der Waals surface area contributed by atoms with Gasteiger partial charge >= 0.3 is 6.18 Å². The van der Waals surface area contributed by atoms with Crippen LogP contribution in [0.3, 0.4) is 0 Å². The van der Waals surface area contributed by atoms with E-state index in [1.807, 2.05) is 6.92 Å². The van der Waals surface area contributed by atoms with Crippen LogP contribution in [0.2, 0.25) is 0 Å². The second-order valence-corrected chi connectivity index (χ2v) is 6.20. The molecule has 8 heteroatoms. The van der Waals surface area contributed by atoms with Gasteiger partial charge in [0.15, 0.2) is 5.60 Å². The number of ether oxygens (including phenoxy) is 1. The van der Waals surface area contributed by atoms with Crippen LogP contribution in [0, 0.1) is 18.3 Å². The summed E-state index contributed by atoms with van der Waals surface area (Å²) < 4.78 is 44.3. The Kier molecular flexibility index (Phi) is 5.76. The number of alkyl halides is 3. The van der Waals surface area contributed by atoms with Crippen molar-refractivity contribution in [1.29, 1.82) is 5.26 Å². The first-order valence-corrected chi connectivity index (χ1v) is 7.87. The smallest absolute Gasteiger partial charge is 0.417 e. The SMILES string of the molecule is Cc1ccc(OCC(C)(O)C(=O)Nc2ccc(C#N)c(C(F)(F)F)c2)cc1. The highest BCUT2D eigenvalue weighted by molar-refractivity contribution is 5.97. The minimum Gasteiger partial charge on any atom is -0.490 e. The number of amides is 1. The lowest BCUT2D eigenvalue weighted by molar-refractivity contribution is -0.138. The van der Waals surface area contributed by atoms with Gasteiger partial charge < -0.3 is 15.2 Å². The molecule has 0 aliphatic carbocycles. The fourth-order valence-electron chi connectivity index (χ4n) is 2.14. The fourth-order valence-corrected chi connectivity index (χ4v) is 2.14. The highest BCUT2D eigenvalue weighted by Gasteiger charge is 2.35. The molecule has 2 aromatic carbocycles. The monoisotopic (exact) mass is 378 g/mol. The number of hydrogen-bond donors (Lipinski definition) is 2. The van der Waals surface area contributed by atoms with Crippen molar-refractivity contribution in [3.05, 3.63) is 59.2 Å². The molecule has 0 aromatic heterocycles. The molecule has 1 atom stereocenters. The third-order valence-electron chi connectivity index (χ3n) is 3.73. The molecule has 142 valence electrons. The van der Waals surface area contributed by atoms with Crippen molar-refractivity contribution >= 4 is 11.6 Å². The van der Waals surface area contributed by atoms with Crippen LogP contribution in [-0.4, -0.2) is 23.2 Å². The molecule has 0 aliphatic rings. The number of carbonyl (C=O) groups is 1. The molecule has 0 saturated heterocycles. The van der Waals surface area contributed by atoms with E-state index in [4.69, 9.17) is 10.00 Å². The molecule has 1 amide bonds. The molecular weight excluding hydrogens is 361 g/mol. The summed E-state index contributed by atoms with van der Waals surface area (Å²) in [5, 5.41) is 21.3. The van der Waals surface area contributed by atoms with Crippen LogP contribution in [0.5, 0.6) is 5.75 Å². The molecule has 0 fully saturated rings. The zero-order valence-electron chi connectivity index (χ0n) is 14.6. The predicted octanol–water partition coefficient (Wildman–Crippen LogP) is 3.65. The van der Waals surface area contributed by atoms with Crippen molar-refractivity contribution < 1.29 is 27.8 Å². The molecule has 0 heterocycles. The van der Waals surface area contributed by atoms with Gasteiger partial charge in [-0.3, -0.25) is 4.79 Å². The van der Waals surface area contributed by atoms with Gasteiger partial charge in [0.05, 0.1) is 17.2 Å². The van der Waals surface area contributed by atoms with Gasteiger partial charge in [0, 0.05) is 5.69 Å². The second kappa shape index (κ2) is 7.68. The van der Waals surface area contributed by atoms with E-state index in [1.54, 1.807) is 24.3 Å². The summed E-state index contributed by atoms with van der Waals surface area (Å²) in [5.41, 5.74) is -2.90. The normalized spacial score (nSPS) is 13.4. The van der Waals surface area contributed by atoms with Crippen molar-refractivity contribution in [3.8, 4) is 11.8 Å². The van der Waals surface area contributed by atoms with Crippen LogP contribution in [0.1, 0.15) is 23.6 Å². The van der Waals surface area contributed by atoms with Crippen molar-refractivity contribution in [2.24, 2.45) is 0 Å². The first kappa shape index (κ1) is 20.3. The Hall–Kier alpha value is -3.05. The van der Waals surface area contributed by atoms with Gasteiger partial charge in [-0.25, -0.2) is 0 Å². The van der Waals surface area contributed by atoms with E-state index in [-0.39, 0.29) is 5.69 Å². The maximum atomic E-state index is 13.0. The van der Waals surface area contributed by atoms with Crippen LogP contribution >= 0.6 is 0 Å². The molecule has 2 aromatic rings. The third-order valence-corrected chi connectivity index (χ3v) is 3.73. The maximum Gasteiger partial charge on any atom is 0.417 e. The molecule has 0 bridgehead atoms. The Morgan fingerprint density at radius 3 is 2.41 bits per heavy atom. The van der Waals surface area contributed by atoms with E-state index in [2.05, 4.69) is 5.32 Å². The second-order valence-electron chi connectivity index (χ2n) is 6.20. The number of nitrogens with zero attached hydrogens (tertiary/aromatic N) is 1. The van der Waals surface area contributed by atoms with Gasteiger partial charge in [-0.2, -0.15) is 18.4 Å². The summed E-state index contributed by atoms with van der Waals surface area (Å²) >= 11 is 0.